The Morgan fingerprint density at radius 2 is 1.96 bits per heavy atom. The molecule has 0 atom stereocenters. The van der Waals surface area contributed by atoms with Gasteiger partial charge in [0, 0.05) is 5.69 Å². The van der Waals surface area contributed by atoms with Gasteiger partial charge in [-0.05, 0) is 42.8 Å². The molecule has 1 aliphatic rings. The molecule has 2 aromatic carbocycles. The lowest BCUT2D eigenvalue weighted by Gasteiger charge is -2.12. The number of hydrogen-bond donors (Lipinski definition) is 2. The number of methoxy groups -OCH3 is 1. The van der Waals surface area contributed by atoms with E-state index in [4.69, 9.17) is 21.7 Å². The first kappa shape index (κ1) is 19.9. The van der Waals surface area contributed by atoms with Crippen LogP contribution in [0.5, 0.6) is 11.5 Å². The number of aryl methyl sites for hydroxylation is 1. The number of carbonyl (C=O) groups excluding carboxylic acids is 2. The molecule has 3 rings (SSSR count). The second kappa shape index (κ2) is 8.90. The number of nitrogens with one attached hydrogen (secondary N) is 2. The van der Waals surface area contributed by atoms with Crippen LogP contribution in [-0.4, -0.2) is 29.9 Å². The zero-order valence-electron chi connectivity index (χ0n) is 15.3. The topological polar surface area (TPSA) is 76.7 Å². The first-order chi connectivity index (χ1) is 13.4. The molecule has 0 saturated carbocycles. The van der Waals surface area contributed by atoms with Crippen molar-refractivity contribution in [2.75, 3.05) is 19.0 Å². The molecule has 28 heavy (non-hydrogen) atoms. The molecule has 1 aliphatic heterocycles. The van der Waals surface area contributed by atoms with Gasteiger partial charge in [0.15, 0.2) is 18.1 Å². The van der Waals surface area contributed by atoms with Gasteiger partial charge >= 0.3 is 0 Å². The quantitative estimate of drug-likeness (QED) is 0.557. The van der Waals surface area contributed by atoms with Crippen molar-refractivity contribution in [1.29, 1.82) is 0 Å². The Balaban J connectivity index is 1.64. The van der Waals surface area contributed by atoms with E-state index < -0.39 is 0 Å². The molecule has 1 saturated heterocycles. The Morgan fingerprint density at radius 1 is 1.21 bits per heavy atom. The van der Waals surface area contributed by atoms with Crippen LogP contribution in [0.2, 0.25) is 0 Å². The highest BCUT2D eigenvalue weighted by molar-refractivity contribution is 8.26. The minimum absolute atomic E-state index is 0.156. The maximum absolute atomic E-state index is 12.1. The van der Waals surface area contributed by atoms with Gasteiger partial charge in [-0.1, -0.05) is 47.7 Å². The van der Waals surface area contributed by atoms with E-state index >= 15 is 0 Å². The third-order valence-electron chi connectivity index (χ3n) is 3.82. The predicted octanol–water partition coefficient (Wildman–Crippen LogP) is 3.51. The zero-order chi connectivity index (χ0) is 20.1. The SMILES string of the molecule is COc1cc(/C=C2\SC(=S)NC2=O)ccc1OCC(=O)Nc1ccc(C)cc1. The Labute approximate surface area is 172 Å². The van der Waals surface area contributed by atoms with Crippen LogP contribution in [0.3, 0.4) is 0 Å². The smallest absolute Gasteiger partial charge is 0.263 e. The Hall–Kier alpha value is -2.84. The van der Waals surface area contributed by atoms with Gasteiger partial charge in [0.2, 0.25) is 0 Å². The average molecular weight is 415 g/mol. The van der Waals surface area contributed by atoms with Gasteiger partial charge in [-0.2, -0.15) is 0 Å². The summed E-state index contributed by atoms with van der Waals surface area (Å²) in [6, 6.07) is 12.7. The van der Waals surface area contributed by atoms with Crippen molar-refractivity contribution in [2.24, 2.45) is 0 Å². The third-order valence-corrected chi connectivity index (χ3v) is 4.98. The fraction of sp³-hybridized carbons (Fsp3) is 0.150. The van der Waals surface area contributed by atoms with E-state index in [1.165, 1.54) is 18.9 Å². The first-order valence-electron chi connectivity index (χ1n) is 8.37. The molecule has 0 aromatic heterocycles. The average Bonchev–Trinajstić information content (AvgIpc) is 2.99. The minimum Gasteiger partial charge on any atom is -0.493 e. The standard InChI is InChI=1S/C20H18N2O4S2/c1-12-3-6-14(7-4-12)21-18(23)11-26-15-8-5-13(9-16(15)25-2)10-17-19(24)22-20(27)28-17/h3-10H,11H2,1-2H3,(H,21,23)(H,22,24,27)/b17-10-. The van der Waals surface area contributed by atoms with Gasteiger partial charge < -0.3 is 20.1 Å². The molecule has 2 aromatic rings. The third kappa shape index (κ3) is 5.11. The number of carbonyl (C=O) groups is 2. The molecule has 0 aliphatic carbocycles. The number of thioether (sulfide) groups is 1. The summed E-state index contributed by atoms with van der Waals surface area (Å²) in [6.07, 6.45) is 1.72. The number of anilines is 1. The molecule has 0 radical (unpaired) electrons. The van der Waals surface area contributed by atoms with Crippen molar-refractivity contribution < 1.29 is 19.1 Å². The van der Waals surface area contributed by atoms with Crippen LogP contribution in [0, 0.1) is 6.92 Å². The van der Waals surface area contributed by atoms with Crippen molar-refractivity contribution in [2.45, 2.75) is 6.92 Å². The van der Waals surface area contributed by atoms with Crippen LogP contribution < -0.4 is 20.1 Å². The van der Waals surface area contributed by atoms with Crippen molar-refractivity contribution in [3.8, 4) is 11.5 Å². The van der Waals surface area contributed by atoms with Crippen LogP contribution in [-0.2, 0) is 9.59 Å². The van der Waals surface area contributed by atoms with Crippen LogP contribution in [0.1, 0.15) is 11.1 Å². The normalized spacial score (nSPS) is 14.7. The van der Waals surface area contributed by atoms with E-state index in [9.17, 15) is 9.59 Å². The van der Waals surface area contributed by atoms with Gasteiger partial charge in [-0.25, -0.2) is 0 Å². The number of benzene rings is 2. The highest BCUT2D eigenvalue weighted by atomic mass is 32.2. The number of amides is 2. The second-order valence-corrected chi connectivity index (χ2v) is 7.68. The van der Waals surface area contributed by atoms with E-state index in [2.05, 4.69) is 10.6 Å². The minimum atomic E-state index is -0.273. The molecule has 6 nitrogen and oxygen atoms in total. The van der Waals surface area contributed by atoms with E-state index in [1.807, 2.05) is 31.2 Å². The lowest BCUT2D eigenvalue weighted by molar-refractivity contribution is -0.118. The Morgan fingerprint density at radius 3 is 2.61 bits per heavy atom. The van der Waals surface area contributed by atoms with Gasteiger partial charge in [0.1, 0.15) is 4.32 Å². The first-order valence-corrected chi connectivity index (χ1v) is 9.59. The lowest BCUT2D eigenvalue weighted by Crippen LogP contribution is -2.20. The zero-order valence-corrected chi connectivity index (χ0v) is 16.9. The number of ether oxygens (including phenoxy) is 2. The van der Waals surface area contributed by atoms with E-state index in [0.29, 0.717) is 26.4 Å². The molecule has 1 fully saturated rings. The van der Waals surface area contributed by atoms with Crippen LogP contribution >= 0.6 is 24.0 Å². The summed E-state index contributed by atoms with van der Waals surface area (Å²) < 4.78 is 11.4. The molecule has 0 unspecified atom stereocenters. The summed E-state index contributed by atoms with van der Waals surface area (Å²) >= 11 is 6.19. The fourth-order valence-corrected chi connectivity index (χ4v) is 3.49. The molecule has 8 heteroatoms. The summed E-state index contributed by atoms with van der Waals surface area (Å²) in [6.45, 7) is 1.82. The summed E-state index contributed by atoms with van der Waals surface area (Å²) in [4.78, 5) is 24.4. The van der Waals surface area contributed by atoms with E-state index in [-0.39, 0.29) is 18.4 Å². The van der Waals surface area contributed by atoms with Gasteiger partial charge in [0.05, 0.1) is 12.0 Å². The van der Waals surface area contributed by atoms with Crippen molar-refractivity contribution in [1.82, 2.24) is 5.32 Å². The Kier molecular flexibility index (Phi) is 6.33. The van der Waals surface area contributed by atoms with Gasteiger partial charge in [-0.15, -0.1) is 0 Å². The maximum atomic E-state index is 12.1. The molecular weight excluding hydrogens is 396 g/mol. The number of thiocarbonyl (C=S) groups is 1. The lowest BCUT2D eigenvalue weighted by atomic mass is 10.2. The van der Waals surface area contributed by atoms with E-state index in [1.54, 1.807) is 24.3 Å². The Bertz CT molecular complexity index is 955. The summed E-state index contributed by atoms with van der Waals surface area (Å²) in [5, 5.41) is 5.34. The predicted molar refractivity (Wildman–Crippen MR) is 115 cm³/mol. The van der Waals surface area contributed by atoms with Crippen LogP contribution in [0.15, 0.2) is 47.4 Å². The summed E-state index contributed by atoms with van der Waals surface area (Å²) in [5.74, 6) is 0.401. The monoisotopic (exact) mass is 414 g/mol. The molecule has 0 bridgehead atoms. The van der Waals surface area contributed by atoms with Crippen molar-refractivity contribution in [3.63, 3.8) is 0 Å². The van der Waals surface area contributed by atoms with Crippen molar-refractivity contribution in [3.05, 3.63) is 58.5 Å². The maximum Gasteiger partial charge on any atom is 0.263 e. The van der Waals surface area contributed by atoms with Crippen LogP contribution in [0.4, 0.5) is 5.69 Å². The molecule has 2 amide bonds. The second-order valence-electron chi connectivity index (χ2n) is 5.97. The van der Waals surface area contributed by atoms with Gasteiger partial charge in [0.25, 0.3) is 11.8 Å². The molecule has 0 spiro atoms. The highest BCUT2D eigenvalue weighted by Crippen LogP contribution is 2.31. The molecule has 144 valence electrons. The summed E-state index contributed by atoms with van der Waals surface area (Å²) in [7, 11) is 1.51. The molecule has 2 N–H and O–H groups in total. The fourth-order valence-electron chi connectivity index (χ4n) is 2.44. The molecule has 1 heterocycles. The largest absolute Gasteiger partial charge is 0.493 e. The van der Waals surface area contributed by atoms with Gasteiger partial charge in [-0.3, -0.25) is 9.59 Å². The molecular formula is C20H18N2O4S2. The van der Waals surface area contributed by atoms with Crippen molar-refractivity contribution >= 4 is 51.9 Å². The van der Waals surface area contributed by atoms with E-state index in [0.717, 1.165) is 11.1 Å². The van der Waals surface area contributed by atoms with Crippen LogP contribution in [0.25, 0.3) is 6.08 Å². The number of rotatable bonds is 6. The summed E-state index contributed by atoms with van der Waals surface area (Å²) in [5.41, 5.74) is 2.58. The highest BCUT2D eigenvalue weighted by Gasteiger charge is 2.22. The number of hydrogen-bond acceptors (Lipinski definition) is 6.